The molecule has 0 spiro atoms. The first kappa shape index (κ1) is 67.3. The summed E-state index contributed by atoms with van der Waals surface area (Å²) in [6, 6.07) is 0. The van der Waals surface area contributed by atoms with Crippen LogP contribution in [0.1, 0.15) is 271 Å². The van der Waals surface area contributed by atoms with Crippen LogP contribution >= 0.6 is 0 Å². The number of carboxylic acids is 4. The lowest BCUT2D eigenvalue weighted by molar-refractivity contribution is -0.139. The number of unbranched alkanes of at least 4 members (excludes halogenated alkanes) is 33. The largest absolute Gasteiger partial charge is 0.481 e. The molecule has 12 nitrogen and oxygen atoms in total. The van der Waals surface area contributed by atoms with Gasteiger partial charge in [-0.15, -0.1) is 0 Å². The SMILES string of the molecule is CCCCCCCCCCCCCCCCCC(=O)O.CCCCCCCCCCCCCCCCCCCCCC(=O)O.O=C(O)CCCCC(=O)O.OCC(CO)(CO)CO. The van der Waals surface area contributed by atoms with Gasteiger partial charge in [0.1, 0.15) is 0 Å². The molecule has 0 radical (unpaired) electrons. The average molecular weight is 907 g/mol. The Morgan fingerprint density at radius 3 is 0.492 bits per heavy atom. The average Bonchev–Trinajstić information content (AvgIpc) is 3.26. The molecule has 0 aromatic rings. The Balaban J connectivity index is -0.000000398. The van der Waals surface area contributed by atoms with Gasteiger partial charge in [-0.1, -0.05) is 219 Å². The van der Waals surface area contributed by atoms with E-state index in [1.807, 2.05) is 0 Å². The second-order valence-electron chi connectivity index (χ2n) is 17.7. The van der Waals surface area contributed by atoms with Gasteiger partial charge in [0, 0.05) is 25.7 Å². The summed E-state index contributed by atoms with van der Waals surface area (Å²) in [4.78, 5) is 40.5. The van der Waals surface area contributed by atoms with E-state index in [4.69, 9.17) is 40.9 Å². The first-order chi connectivity index (χ1) is 30.4. The van der Waals surface area contributed by atoms with E-state index >= 15 is 0 Å². The lowest BCUT2D eigenvalue weighted by Crippen LogP contribution is -2.37. The van der Waals surface area contributed by atoms with Crippen LogP contribution in [-0.2, 0) is 19.2 Å². The Kier molecular flexibility index (Phi) is 61.7. The Morgan fingerprint density at radius 2 is 0.381 bits per heavy atom. The summed E-state index contributed by atoms with van der Waals surface area (Å²) in [7, 11) is 0. The topological polar surface area (TPSA) is 230 Å². The zero-order valence-electron chi connectivity index (χ0n) is 40.8. The van der Waals surface area contributed by atoms with Crippen molar-refractivity contribution < 1.29 is 60.0 Å². The van der Waals surface area contributed by atoms with Crippen molar-refractivity contribution in [3.8, 4) is 0 Å². The molecule has 0 amide bonds. The molecule has 0 saturated carbocycles. The number of aliphatic hydroxyl groups excluding tert-OH is 4. The highest BCUT2D eigenvalue weighted by Gasteiger charge is 2.26. The van der Waals surface area contributed by atoms with E-state index in [2.05, 4.69) is 13.8 Å². The summed E-state index contributed by atoms with van der Waals surface area (Å²) in [6.45, 7) is 2.93. The number of aliphatic carboxylic acids is 4. The third-order valence-electron chi connectivity index (χ3n) is 11.4. The summed E-state index contributed by atoms with van der Waals surface area (Å²) >= 11 is 0. The number of hydrogen-bond acceptors (Lipinski definition) is 8. The second kappa shape index (κ2) is 57.7. The molecular formula is C51H102O12. The molecule has 0 atom stereocenters. The van der Waals surface area contributed by atoms with Gasteiger partial charge < -0.3 is 40.9 Å². The minimum atomic E-state index is -1.11. The summed E-state index contributed by atoms with van der Waals surface area (Å²) < 4.78 is 0. The Labute approximate surface area is 385 Å². The van der Waals surface area contributed by atoms with Crippen molar-refractivity contribution in [1.82, 2.24) is 0 Å². The molecule has 0 aliphatic rings. The predicted octanol–water partition coefficient (Wildman–Crippen LogP) is 12.9. The monoisotopic (exact) mass is 907 g/mol. The summed E-state index contributed by atoms with van der Waals surface area (Å²) in [6.07, 6.45) is 47.3. The molecular weight excluding hydrogens is 805 g/mol. The van der Waals surface area contributed by atoms with E-state index < -0.39 is 55.7 Å². The number of aliphatic hydroxyl groups is 4. The first-order valence-corrected chi connectivity index (χ1v) is 25.7. The number of rotatable bonds is 45. The van der Waals surface area contributed by atoms with Crippen molar-refractivity contribution in [2.45, 2.75) is 271 Å². The third kappa shape index (κ3) is 66.4. The Morgan fingerprint density at radius 1 is 0.254 bits per heavy atom. The Hall–Kier alpha value is -2.28. The van der Waals surface area contributed by atoms with Crippen molar-refractivity contribution in [2.75, 3.05) is 26.4 Å². The summed E-state index contributed by atoms with van der Waals surface area (Å²) in [5.41, 5.74) is -1.11. The molecule has 0 unspecified atom stereocenters. The highest BCUT2D eigenvalue weighted by molar-refractivity contribution is 5.68. The Bertz CT molecular complexity index is 908. The fourth-order valence-electron chi connectivity index (χ4n) is 6.85. The predicted molar refractivity (Wildman–Crippen MR) is 257 cm³/mol. The molecule has 0 aromatic carbocycles. The van der Waals surface area contributed by atoms with Gasteiger partial charge in [0.05, 0.1) is 31.8 Å². The van der Waals surface area contributed by atoms with Crippen LogP contribution in [0.3, 0.4) is 0 Å². The smallest absolute Gasteiger partial charge is 0.303 e. The molecule has 0 saturated heterocycles. The molecule has 378 valence electrons. The van der Waals surface area contributed by atoms with Crippen LogP contribution in [0, 0.1) is 5.41 Å². The van der Waals surface area contributed by atoms with Gasteiger partial charge in [0.2, 0.25) is 0 Å². The van der Waals surface area contributed by atoms with Gasteiger partial charge in [-0.2, -0.15) is 0 Å². The second-order valence-corrected chi connectivity index (χ2v) is 17.7. The standard InChI is InChI=1S/C22H44O2.C18H36O2.C6H10O4.C5H12O4/c1-2-3-4-5-6-7-8-9-10-11-12-13-14-15-16-17-18-19-20-21-22(23)24;1-2-3-4-5-6-7-8-9-10-11-12-13-14-15-16-17-18(19)20;7-5(8)3-1-2-4-6(9)10;6-1-5(2-7,3-8)4-9/h2-21H2,1H3,(H,23,24);2-17H2,1H3,(H,19,20);1-4H2,(H,7,8)(H,9,10);6-9H,1-4H2. The normalized spacial score (nSPS) is 10.8. The number of carboxylic acid groups (broad SMARTS) is 4. The zero-order valence-corrected chi connectivity index (χ0v) is 40.8. The summed E-state index contributed by atoms with van der Waals surface area (Å²) in [5, 5.41) is 67.3. The van der Waals surface area contributed by atoms with Crippen LogP contribution in [0.2, 0.25) is 0 Å². The van der Waals surface area contributed by atoms with Crippen molar-refractivity contribution in [2.24, 2.45) is 5.41 Å². The molecule has 0 aromatic heterocycles. The minimum Gasteiger partial charge on any atom is -0.481 e. The van der Waals surface area contributed by atoms with E-state index in [0.717, 1.165) is 25.7 Å². The van der Waals surface area contributed by atoms with Gasteiger partial charge in [-0.25, -0.2) is 0 Å². The van der Waals surface area contributed by atoms with Crippen LogP contribution < -0.4 is 0 Å². The van der Waals surface area contributed by atoms with E-state index in [-0.39, 0.29) is 12.8 Å². The van der Waals surface area contributed by atoms with Crippen molar-refractivity contribution in [3.63, 3.8) is 0 Å². The highest BCUT2D eigenvalue weighted by atomic mass is 16.4. The molecule has 12 heteroatoms. The van der Waals surface area contributed by atoms with Gasteiger partial charge in [0.25, 0.3) is 0 Å². The maximum absolute atomic E-state index is 10.4. The lowest BCUT2D eigenvalue weighted by atomic mass is 9.93. The first-order valence-electron chi connectivity index (χ1n) is 25.7. The number of hydrogen-bond donors (Lipinski definition) is 8. The van der Waals surface area contributed by atoms with Crippen LogP contribution in [0.15, 0.2) is 0 Å². The maximum atomic E-state index is 10.4. The maximum Gasteiger partial charge on any atom is 0.303 e. The van der Waals surface area contributed by atoms with Gasteiger partial charge >= 0.3 is 23.9 Å². The van der Waals surface area contributed by atoms with Crippen LogP contribution in [0.5, 0.6) is 0 Å². The summed E-state index contributed by atoms with van der Waals surface area (Å²) in [5.74, 6) is -3.04. The molecule has 0 aliphatic carbocycles. The zero-order chi connectivity index (χ0) is 47.9. The fourth-order valence-corrected chi connectivity index (χ4v) is 6.85. The fraction of sp³-hybridized carbons (Fsp3) is 0.922. The van der Waals surface area contributed by atoms with Crippen molar-refractivity contribution in [1.29, 1.82) is 0 Å². The van der Waals surface area contributed by atoms with Gasteiger partial charge in [-0.05, 0) is 25.7 Å². The van der Waals surface area contributed by atoms with Crippen LogP contribution in [-0.4, -0.2) is 91.2 Å². The lowest BCUT2D eigenvalue weighted by Gasteiger charge is -2.23. The van der Waals surface area contributed by atoms with E-state index in [9.17, 15) is 19.2 Å². The van der Waals surface area contributed by atoms with Crippen molar-refractivity contribution >= 4 is 23.9 Å². The van der Waals surface area contributed by atoms with Gasteiger partial charge in [-0.3, -0.25) is 19.2 Å². The van der Waals surface area contributed by atoms with E-state index in [0.29, 0.717) is 25.7 Å². The van der Waals surface area contributed by atoms with Crippen LogP contribution in [0.4, 0.5) is 0 Å². The minimum absolute atomic E-state index is 0.0628. The highest BCUT2D eigenvalue weighted by Crippen LogP contribution is 2.16. The quantitative estimate of drug-likeness (QED) is 0.0267. The molecule has 0 fully saturated rings. The molecule has 63 heavy (non-hydrogen) atoms. The molecule has 0 heterocycles. The molecule has 0 bridgehead atoms. The van der Waals surface area contributed by atoms with E-state index in [1.54, 1.807) is 0 Å². The third-order valence-corrected chi connectivity index (χ3v) is 11.4. The van der Waals surface area contributed by atoms with Crippen molar-refractivity contribution in [3.05, 3.63) is 0 Å². The number of carbonyl (C=O) groups is 4. The molecule has 0 rings (SSSR count). The molecule has 0 aliphatic heterocycles. The van der Waals surface area contributed by atoms with E-state index in [1.165, 1.54) is 193 Å². The van der Waals surface area contributed by atoms with Crippen LogP contribution in [0.25, 0.3) is 0 Å². The van der Waals surface area contributed by atoms with Gasteiger partial charge in [0.15, 0.2) is 0 Å². The molecule has 8 N–H and O–H groups in total.